The first-order valence-corrected chi connectivity index (χ1v) is 8.33. The predicted molar refractivity (Wildman–Crippen MR) is 89.8 cm³/mol. The molecule has 0 aliphatic rings. The third-order valence-corrected chi connectivity index (χ3v) is 3.78. The van der Waals surface area contributed by atoms with Crippen LogP contribution >= 0.6 is 11.8 Å². The fourth-order valence-electron chi connectivity index (χ4n) is 1.82. The van der Waals surface area contributed by atoms with Crippen molar-refractivity contribution in [3.05, 3.63) is 24.3 Å². The fraction of sp³-hybridized carbons (Fsp3) is 0.467. The van der Waals surface area contributed by atoms with Crippen LogP contribution in [-0.4, -0.2) is 38.5 Å². The molecule has 23 heavy (non-hydrogen) atoms. The number of aromatic nitrogens is 4. The summed E-state index contributed by atoms with van der Waals surface area (Å²) in [5, 5.41) is 15.1. The smallest absolute Gasteiger partial charge is 0.234 e. The van der Waals surface area contributed by atoms with Crippen LogP contribution in [0.4, 0.5) is 5.69 Å². The second-order valence-corrected chi connectivity index (χ2v) is 6.78. The summed E-state index contributed by atoms with van der Waals surface area (Å²) >= 11 is 1.31. The minimum absolute atomic E-state index is 0.109. The van der Waals surface area contributed by atoms with Gasteiger partial charge in [0, 0.05) is 5.69 Å². The van der Waals surface area contributed by atoms with Gasteiger partial charge in [-0.2, -0.15) is 0 Å². The Balaban J connectivity index is 1.89. The number of nitrogens with zero attached hydrogens (tertiary/aromatic N) is 4. The quantitative estimate of drug-likeness (QED) is 0.817. The van der Waals surface area contributed by atoms with Crippen LogP contribution < -0.4 is 10.1 Å². The van der Waals surface area contributed by atoms with Gasteiger partial charge in [-0.15, -0.1) is 5.10 Å². The highest BCUT2D eigenvalue weighted by Gasteiger charge is 2.20. The van der Waals surface area contributed by atoms with E-state index in [2.05, 4.69) is 20.8 Å². The number of nitrogens with one attached hydrogen (secondary N) is 1. The van der Waals surface area contributed by atoms with Gasteiger partial charge in [-0.25, -0.2) is 4.68 Å². The number of hydrogen-bond acceptors (Lipinski definition) is 6. The highest BCUT2D eigenvalue weighted by molar-refractivity contribution is 7.99. The molecule has 0 spiro atoms. The topological polar surface area (TPSA) is 81.9 Å². The molecule has 1 aromatic carbocycles. The molecule has 1 amide bonds. The van der Waals surface area contributed by atoms with E-state index in [0.717, 1.165) is 11.4 Å². The summed E-state index contributed by atoms with van der Waals surface area (Å²) in [7, 11) is 0. The van der Waals surface area contributed by atoms with Gasteiger partial charge in [0.1, 0.15) is 5.75 Å². The van der Waals surface area contributed by atoms with Crippen molar-refractivity contribution in [2.24, 2.45) is 0 Å². The molecule has 0 aliphatic carbocycles. The van der Waals surface area contributed by atoms with E-state index in [9.17, 15) is 4.79 Å². The molecule has 1 aromatic heterocycles. The van der Waals surface area contributed by atoms with Crippen LogP contribution in [0.15, 0.2) is 29.4 Å². The zero-order valence-corrected chi connectivity index (χ0v) is 14.6. The number of hydrogen-bond donors (Lipinski definition) is 1. The second-order valence-electron chi connectivity index (χ2n) is 5.84. The van der Waals surface area contributed by atoms with Gasteiger partial charge in [0.05, 0.1) is 17.9 Å². The molecule has 0 radical (unpaired) electrons. The van der Waals surface area contributed by atoms with Crippen LogP contribution in [-0.2, 0) is 10.3 Å². The van der Waals surface area contributed by atoms with Crippen LogP contribution in [0, 0.1) is 0 Å². The van der Waals surface area contributed by atoms with Gasteiger partial charge in [-0.05, 0) is 62.4 Å². The monoisotopic (exact) mass is 335 g/mol. The SMILES string of the molecule is CCOc1ccc(NC(=O)CSc2nnnn2C(C)(C)C)cc1. The van der Waals surface area contributed by atoms with Crippen molar-refractivity contribution >= 4 is 23.4 Å². The van der Waals surface area contributed by atoms with Gasteiger partial charge in [-0.1, -0.05) is 11.8 Å². The molecule has 1 N–H and O–H groups in total. The lowest BCUT2D eigenvalue weighted by Gasteiger charge is -2.19. The van der Waals surface area contributed by atoms with E-state index in [0.29, 0.717) is 11.8 Å². The molecule has 0 saturated carbocycles. The first-order valence-electron chi connectivity index (χ1n) is 7.34. The third-order valence-electron chi connectivity index (χ3n) is 2.86. The lowest BCUT2D eigenvalue weighted by Crippen LogP contribution is -2.24. The van der Waals surface area contributed by atoms with Gasteiger partial charge < -0.3 is 10.1 Å². The van der Waals surface area contributed by atoms with Gasteiger partial charge in [-0.3, -0.25) is 4.79 Å². The van der Waals surface area contributed by atoms with Crippen LogP contribution in [0.3, 0.4) is 0 Å². The Hall–Kier alpha value is -2.09. The molecule has 1 heterocycles. The van der Waals surface area contributed by atoms with Crippen molar-refractivity contribution in [2.75, 3.05) is 17.7 Å². The zero-order chi connectivity index (χ0) is 16.9. The molecule has 2 aromatic rings. The summed E-state index contributed by atoms with van der Waals surface area (Å²) in [6.07, 6.45) is 0. The van der Waals surface area contributed by atoms with Crippen molar-refractivity contribution in [2.45, 2.75) is 38.4 Å². The van der Waals surface area contributed by atoms with E-state index in [-0.39, 0.29) is 17.2 Å². The number of amides is 1. The maximum Gasteiger partial charge on any atom is 0.234 e. The summed E-state index contributed by atoms with van der Waals surface area (Å²) in [5.41, 5.74) is 0.506. The minimum Gasteiger partial charge on any atom is -0.494 e. The lowest BCUT2D eigenvalue weighted by molar-refractivity contribution is -0.113. The maximum atomic E-state index is 12.0. The Kier molecular flexibility index (Phi) is 5.59. The summed E-state index contributed by atoms with van der Waals surface area (Å²) in [6, 6.07) is 7.28. The molecule has 0 unspecified atom stereocenters. The number of thioether (sulfide) groups is 1. The van der Waals surface area contributed by atoms with Gasteiger partial charge in [0.25, 0.3) is 0 Å². The van der Waals surface area contributed by atoms with Crippen LogP contribution in [0.1, 0.15) is 27.7 Å². The molecule has 0 saturated heterocycles. The minimum atomic E-state index is -0.225. The second kappa shape index (κ2) is 7.45. The Morgan fingerprint density at radius 2 is 2.00 bits per heavy atom. The fourth-order valence-corrected chi connectivity index (χ4v) is 2.68. The van der Waals surface area contributed by atoms with E-state index in [4.69, 9.17) is 4.74 Å². The molecular weight excluding hydrogens is 314 g/mol. The summed E-state index contributed by atoms with van der Waals surface area (Å²) in [5.74, 6) is 0.913. The number of benzene rings is 1. The molecular formula is C15H21N5O2S. The van der Waals surface area contributed by atoms with E-state index >= 15 is 0 Å². The number of carbonyl (C=O) groups excluding carboxylic acids is 1. The molecule has 0 atom stereocenters. The van der Waals surface area contributed by atoms with Gasteiger partial charge in [0.15, 0.2) is 0 Å². The highest BCUT2D eigenvalue weighted by Crippen LogP contribution is 2.22. The number of carbonyl (C=O) groups is 1. The summed E-state index contributed by atoms with van der Waals surface area (Å²) in [4.78, 5) is 12.0. The average Bonchev–Trinajstić information content (AvgIpc) is 2.96. The number of rotatable bonds is 6. The Morgan fingerprint density at radius 1 is 1.30 bits per heavy atom. The van der Waals surface area contributed by atoms with Crippen molar-refractivity contribution in [1.82, 2.24) is 20.2 Å². The van der Waals surface area contributed by atoms with Crippen molar-refractivity contribution < 1.29 is 9.53 Å². The molecule has 0 fully saturated rings. The van der Waals surface area contributed by atoms with E-state index in [1.165, 1.54) is 11.8 Å². The number of tetrazole rings is 1. The van der Waals surface area contributed by atoms with Crippen LogP contribution in [0.25, 0.3) is 0 Å². The van der Waals surface area contributed by atoms with Gasteiger partial charge >= 0.3 is 0 Å². The van der Waals surface area contributed by atoms with Gasteiger partial charge in [0.2, 0.25) is 11.1 Å². The van der Waals surface area contributed by atoms with Crippen molar-refractivity contribution in [3.8, 4) is 5.75 Å². The average molecular weight is 335 g/mol. The third kappa shape index (κ3) is 4.95. The lowest BCUT2D eigenvalue weighted by atomic mass is 10.1. The Bertz CT molecular complexity index is 649. The molecule has 7 nitrogen and oxygen atoms in total. The predicted octanol–water partition coefficient (Wildman–Crippen LogP) is 2.56. The Morgan fingerprint density at radius 3 is 2.61 bits per heavy atom. The van der Waals surface area contributed by atoms with Crippen LogP contribution in [0.5, 0.6) is 5.75 Å². The van der Waals surface area contributed by atoms with Crippen molar-refractivity contribution in [3.63, 3.8) is 0 Å². The number of anilines is 1. The molecule has 2 rings (SSSR count). The first-order chi connectivity index (χ1) is 10.9. The van der Waals surface area contributed by atoms with Crippen LogP contribution in [0.2, 0.25) is 0 Å². The van der Waals surface area contributed by atoms with Crippen molar-refractivity contribution in [1.29, 1.82) is 0 Å². The zero-order valence-electron chi connectivity index (χ0n) is 13.7. The summed E-state index contributed by atoms with van der Waals surface area (Å²) < 4.78 is 7.08. The molecule has 124 valence electrons. The highest BCUT2D eigenvalue weighted by atomic mass is 32.2. The maximum absolute atomic E-state index is 12.0. The first kappa shape index (κ1) is 17.3. The van der Waals surface area contributed by atoms with E-state index in [1.54, 1.807) is 4.68 Å². The Labute approximate surface area is 139 Å². The normalized spacial score (nSPS) is 11.3. The molecule has 0 aliphatic heterocycles. The largest absolute Gasteiger partial charge is 0.494 e. The standard InChI is InChI=1S/C15H21N5O2S/c1-5-22-12-8-6-11(7-9-12)16-13(21)10-23-14-17-18-19-20(14)15(2,3)4/h6-9H,5,10H2,1-4H3,(H,16,21). The van der Waals surface area contributed by atoms with E-state index in [1.807, 2.05) is 52.0 Å². The molecule has 8 heteroatoms. The van der Waals surface area contributed by atoms with E-state index < -0.39 is 0 Å². The number of ether oxygens (including phenoxy) is 1. The molecule has 0 bridgehead atoms. The summed E-state index contributed by atoms with van der Waals surface area (Å²) in [6.45, 7) is 8.57.